The molecule has 5 nitrogen and oxygen atoms in total. The van der Waals surface area contributed by atoms with Crippen molar-refractivity contribution in [3.63, 3.8) is 0 Å². The van der Waals surface area contributed by atoms with E-state index in [0.29, 0.717) is 19.8 Å². The molecule has 46 heavy (non-hydrogen) atoms. The van der Waals surface area contributed by atoms with Gasteiger partial charge >= 0.3 is 0 Å². The number of carbonyl (C=O) groups is 1. The van der Waals surface area contributed by atoms with Gasteiger partial charge < -0.3 is 24.1 Å². The van der Waals surface area contributed by atoms with Crippen molar-refractivity contribution in [2.75, 3.05) is 39.6 Å². The van der Waals surface area contributed by atoms with Crippen molar-refractivity contribution in [1.29, 1.82) is 0 Å². The topological polar surface area (TPSA) is 65.0 Å². The highest BCUT2D eigenvalue weighted by Crippen LogP contribution is 2.23. The monoisotopic (exact) mass is 626 g/mol. The van der Waals surface area contributed by atoms with Gasteiger partial charge in [-0.25, -0.2) is 0 Å². The smallest absolute Gasteiger partial charge is 0.131 e. The minimum atomic E-state index is -0.146. The first-order chi connectivity index (χ1) is 22.2. The fourth-order valence-corrected chi connectivity index (χ4v) is 4.22. The Kier molecular flexibility index (Phi) is 23.7. The summed E-state index contributed by atoms with van der Waals surface area (Å²) in [7, 11) is 0. The molecule has 0 bridgehead atoms. The molecule has 0 spiro atoms. The fourth-order valence-electron chi connectivity index (χ4n) is 4.22. The highest BCUT2D eigenvalue weighted by atomic mass is 16.5. The Balaban J connectivity index is 0.000000381. The van der Waals surface area contributed by atoms with Crippen LogP contribution in [0.4, 0.5) is 0 Å². The van der Waals surface area contributed by atoms with E-state index in [1.165, 1.54) is 0 Å². The molecule has 0 saturated heterocycles. The van der Waals surface area contributed by atoms with E-state index in [9.17, 15) is 4.79 Å². The first kappa shape index (κ1) is 40.0. The molecule has 5 heteroatoms. The molecule has 0 aromatic heterocycles. The van der Waals surface area contributed by atoms with Crippen molar-refractivity contribution in [1.82, 2.24) is 0 Å². The third-order valence-corrected chi connectivity index (χ3v) is 6.69. The predicted molar refractivity (Wildman–Crippen MR) is 192 cm³/mol. The maximum Gasteiger partial charge on any atom is 0.131 e. The van der Waals surface area contributed by atoms with Gasteiger partial charge in [0.1, 0.15) is 12.9 Å². The summed E-state index contributed by atoms with van der Waals surface area (Å²) in [6, 6.07) is 40.2. The van der Waals surface area contributed by atoms with Crippen LogP contribution in [0.15, 0.2) is 128 Å². The summed E-state index contributed by atoms with van der Waals surface area (Å²) in [6.07, 6.45) is 7.35. The van der Waals surface area contributed by atoms with E-state index in [0.717, 1.165) is 73.0 Å². The molecule has 4 aromatic rings. The van der Waals surface area contributed by atoms with Crippen LogP contribution in [-0.4, -0.2) is 51.0 Å². The van der Waals surface area contributed by atoms with Crippen molar-refractivity contribution in [2.45, 2.75) is 52.9 Å². The average molecular weight is 627 g/mol. The zero-order valence-electron chi connectivity index (χ0n) is 26.9. The van der Waals surface area contributed by atoms with Gasteiger partial charge in [-0.2, -0.15) is 0 Å². The molecule has 0 heterocycles. The molecule has 0 saturated carbocycles. The molecule has 0 aliphatic rings. The average Bonchev–Trinajstić information content (AvgIpc) is 3.11. The normalized spacial score (nSPS) is 9.91. The van der Waals surface area contributed by atoms with E-state index < -0.39 is 0 Å². The number of unbranched alkanes of at least 4 members (excludes halogenated alkanes) is 2. The lowest BCUT2D eigenvalue weighted by Gasteiger charge is -2.10. The summed E-state index contributed by atoms with van der Waals surface area (Å²) in [6.45, 7) is 7.71. The number of aliphatic hydroxyl groups is 1. The van der Waals surface area contributed by atoms with Crippen molar-refractivity contribution < 1.29 is 24.1 Å². The zero-order valence-corrected chi connectivity index (χ0v) is 26.9. The van der Waals surface area contributed by atoms with Gasteiger partial charge in [-0.1, -0.05) is 155 Å². The summed E-state index contributed by atoms with van der Waals surface area (Å²) in [5.41, 5.74) is 5.48. The number of carbonyl (C=O) groups excluding carboxylic acids is 1. The predicted octanol–water partition coefficient (Wildman–Crippen LogP) is 9.36. The number of aliphatic hydroxyl groups excluding tert-OH is 1. The Labute approximate surface area is 277 Å². The molecule has 0 atom stereocenters. The van der Waals surface area contributed by atoms with Crippen molar-refractivity contribution in [3.8, 4) is 0 Å². The lowest BCUT2D eigenvalue weighted by Crippen LogP contribution is -2.03. The van der Waals surface area contributed by atoms with Crippen LogP contribution in [-0.2, 0) is 19.0 Å². The Bertz CT molecular complexity index is 1170. The molecule has 0 unspecified atom stereocenters. The van der Waals surface area contributed by atoms with E-state index in [1.54, 1.807) is 0 Å². The Hall–Kier alpha value is -4.03. The molecule has 0 amide bonds. The van der Waals surface area contributed by atoms with Gasteiger partial charge in [0.2, 0.25) is 0 Å². The maximum atomic E-state index is 11.1. The molecule has 0 fully saturated rings. The second-order valence-corrected chi connectivity index (χ2v) is 10.2. The summed E-state index contributed by atoms with van der Waals surface area (Å²) in [5.74, 6) is -0.146. The fraction of sp³-hybridized carbons (Fsp3) is 0.341. The van der Waals surface area contributed by atoms with Crippen LogP contribution < -0.4 is 0 Å². The summed E-state index contributed by atoms with van der Waals surface area (Å²) in [5, 5.41) is 8.24. The highest BCUT2D eigenvalue weighted by molar-refractivity contribution is 5.79. The van der Waals surface area contributed by atoms with Crippen molar-refractivity contribution in [2.24, 2.45) is 0 Å². The lowest BCUT2D eigenvalue weighted by atomic mass is 9.93. The number of benzene rings is 4. The minimum absolute atomic E-state index is 0. The van der Waals surface area contributed by atoms with E-state index in [1.807, 2.05) is 103 Å². The molecule has 4 aromatic carbocycles. The number of aldehydes is 1. The lowest BCUT2D eigenvalue weighted by molar-refractivity contribution is -0.108. The Morgan fingerprint density at radius 2 is 1.02 bits per heavy atom. The SMILES string of the molecule is C.CCCCOCCO.CCCCOCCOC=C(c1ccccc1)c1ccccc1.O=CC(c1ccccc1)c1ccccc1. The summed E-state index contributed by atoms with van der Waals surface area (Å²) in [4.78, 5) is 11.1. The van der Waals surface area contributed by atoms with Gasteiger partial charge in [0.05, 0.1) is 32.0 Å². The molecular formula is C41H54O5. The first-order valence-electron chi connectivity index (χ1n) is 16.0. The zero-order chi connectivity index (χ0) is 32.2. The third kappa shape index (κ3) is 16.9. The van der Waals surface area contributed by atoms with Gasteiger partial charge in [-0.05, 0) is 35.1 Å². The van der Waals surface area contributed by atoms with Gasteiger partial charge in [-0.3, -0.25) is 0 Å². The minimum Gasteiger partial charge on any atom is -0.498 e. The largest absolute Gasteiger partial charge is 0.498 e. The van der Waals surface area contributed by atoms with Gasteiger partial charge in [0.25, 0.3) is 0 Å². The van der Waals surface area contributed by atoms with Gasteiger partial charge in [0, 0.05) is 18.8 Å². The first-order valence-corrected chi connectivity index (χ1v) is 16.0. The van der Waals surface area contributed by atoms with Crippen LogP contribution in [0.5, 0.6) is 0 Å². The van der Waals surface area contributed by atoms with Crippen LogP contribution in [0, 0.1) is 0 Å². The van der Waals surface area contributed by atoms with E-state index in [-0.39, 0.29) is 20.0 Å². The molecular weight excluding hydrogens is 572 g/mol. The second kappa shape index (κ2) is 27.3. The van der Waals surface area contributed by atoms with E-state index >= 15 is 0 Å². The standard InChI is InChI=1S/C20H24O2.C14H12O.C6H14O2.CH4/c1-2-3-14-21-15-16-22-17-20(18-10-6-4-7-11-18)19-12-8-5-9-13-19;15-11-14(12-7-3-1-4-8-12)13-9-5-2-6-10-13;1-2-3-5-8-6-4-7;/h4-13,17H,2-3,14-16H2,1H3;1-11,14H;7H,2-6H2,1H3;1H4. The van der Waals surface area contributed by atoms with Crippen LogP contribution in [0.3, 0.4) is 0 Å². The molecule has 0 radical (unpaired) electrons. The quantitative estimate of drug-likeness (QED) is 0.0719. The molecule has 0 aliphatic heterocycles. The number of hydrogen-bond acceptors (Lipinski definition) is 5. The molecule has 248 valence electrons. The Morgan fingerprint density at radius 1 is 0.609 bits per heavy atom. The molecule has 1 N–H and O–H groups in total. The van der Waals surface area contributed by atoms with Crippen molar-refractivity contribution in [3.05, 3.63) is 150 Å². The third-order valence-electron chi connectivity index (χ3n) is 6.69. The summed E-state index contributed by atoms with van der Waals surface area (Å²) < 4.78 is 16.2. The number of rotatable bonds is 17. The van der Waals surface area contributed by atoms with Crippen LogP contribution >= 0.6 is 0 Å². The van der Waals surface area contributed by atoms with Crippen LogP contribution in [0.1, 0.15) is 75.1 Å². The number of ether oxygens (including phenoxy) is 3. The van der Waals surface area contributed by atoms with E-state index in [2.05, 4.69) is 38.1 Å². The Morgan fingerprint density at radius 3 is 1.41 bits per heavy atom. The highest BCUT2D eigenvalue weighted by Gasteiger charge is 2.11. The van der Waals surface area contributed by atoms with Gasteiger partial charge in [-0.15, -0.1) is 0 Å². The summed E-state index contributed by atoms with van der Waals surface area (Å²) >= 11 is 0. The van der Waals surface area contributed by atoms with Crippen LogP contribution in [0.25, 0.3) is 5.57 Å². The molecule has 4 rings (SSSR count). The maximum absolute atomic E-state index is 11.1. The van der Waals surface area contributed by atoms with Gasteiger partial charge in [0.15, 0.2) is 0 Å². The number of hydrogen-bond donors (Lipinski definition) is 1. The van der Waals surface area contributed by atoms with E-state index in [4.69, 9.17) is 19.3 Å². The second-order valence-electron chi connectivity index (χ2n) is 10.2. The molecule has 0 aliphatic carbocycles. The van der Waals surface area contributed by atoms with Crippen LogP contribution in [0.2, 0.25) is 0 Å². The van der Waals surface area contributed by atoms with Crippen molar-refractivity contribution >= 4 is 11.9 Å².